The lowest BCUT2D eigenvalue weighted by Gasteiger charge is -2.30. The van der Waals surface area contributed by atoms with E-state index >= 15 is 24.0 Å². The Morgan fingerprint density at radius 2 is 1.05 bits per heavy atom. The van der Waals surface area contributed by atoms with Crippen LogP contribution >= 0.6 is 11.6 Å². The van der Waals surface area contributed by atoms with Gasteiger partial charge in [-0.25, -0.2) is 0 Å². The highest BCUT2D eigenvalue weighted by Gasteiger charge is 2.40. The SMILES string of the molecule is [2H]CC(=O)N([2H])[C@@H](Cc1ccccc1)C(=O)N([2H])[C@@H](Cc1ccc(Cl)cc1)C(=O)N[C@@H](Cc1c[nH]c2ccccc12)C(=O)N[C@@H](CO)C(=O)N([2H])[C@@H](Cc1ccc(O)cc1)C(=O)N[C@@H](Cc1c[nH]c2ccccc12)C(=O)N[C@@H](CC(C)C)C(=O)N[C@@H](CCCNC(=N)N)C(=O)N1CCC[C@H]1C(=O)NCC(N)=O. The Bertz CT molecular complexity index is 4310. The largest absolute Gasteiger partial charge is 0.508 e. The summed E-state index contributed by atoms with van der Waals surface area (Å²) in [6, 6.07) is 18.9. The van der Waals surface area contributed by atoms with Gasteiger partial charge in [0, 0.05) is 92.7 Å². The summed E-state index contributed by atoms with van der Waals surface area (Å²) in [6.07, 6.45) is 2.02. The zero-order chi connectivity index (χ0) is 77.6. The molecule has 2 aromatic heterocycles. The number of carbonyl (C=O) groups is 11. The number of fused-ring (bicyclic) bond motifs is 2. The molecular formula is C73H89ClN16O13. The molecule has 9 atom stereocenters. The van der Waals surface area contributed by atoms with Gasteiger partial charge in [0.15, 0.2) is 10.2 Å². The molecule has 8 rings (SSSR count). The third-order valence-electron chi connectivity index (χ3n) is 17.2. The van der Waals surface area contributed by atoms with Crippen molar-refractivity contribution in [2.75, 3.05) is 26.2 Å². The topological polar surface area (TPSA) is 459 Å². The van der Waals surface area contributed by atoms with Crippen LogP contribution in [-0.4, -0.2) is 177 Å². The number of nitrogens with one attached hydrogen (secondary N) is 13. The lowest BCUT2D eigenvalue weighted by atomic mass is 9.99. The van der Waals surface area contributed by atoms with Gasteiger partial charge in [-0.2, -0.15) is 0 Å². The number of aliphatic hydroxyl groups is 1. The van der Waals surface area contributed by atoms with E-state index in [2.05, 4.69) is 47.2 Å². The number of phenols is 1. The number of aromatic hydroxyl groups is 1. The van der Waals surface area contributed by atoms with E-state index in [9.17, 15) is 41.8 Å². The smallest absolute Gasteiger partial charge is 0.245 e. The first-order chi connectivity index (χ1) is 51.1. The van der Waals surface area contributed by atoms with Crippen LogP contribution in [-0.2, 0) is 84.8 Å². The number of carbonyl (C=O) groups excluding carboxylic acids is 11. The van der Waals surface area contributed by atoms with E-state index in [-0.39, 0.29) is 97.2 Å². The summed E-state index contributed by atoms with van der Waals surface area (Å²) >= 11 is 6.24. The minimum Gasteiger partial charge on any atom is -0.508 e. The van der Waals surface area contributed by atoms with E-state index in [4.69, 9.17) is 31.3 Å². The van der Waals surface area contributed by atoms with E-state index in [1.807, 2.05) is 0 Å². The van der Waals surface area contributed by atoms with Crippen LogP contribution in [0.3, 0.4) is 0 Å². The molecule has 0 radical (unpaired) electrons. The van der Waals surface area contributed by atoms with E-state index in [1.165, 1.54) is 53.4 Å². The van der Waals surface area contributed by atoms with Gasteiger partial charge in [-0.05, 0) is 102 Å². The number of benzene rings is 5. The third kappa shape index (κ3) is 22.8. The number of halogens is 1. The Hall–Kier alpha value is -11.3. The van der Waals surface area contributed by atoms with Gasteiger partial charge >= 0.3 is 0 Å². The summed E-state index contributed by atoms with van der Waals surface area (Å²) in [6.45, 7) is 1.12. The summed E-state index contributed by atoms with van der Waals surface area (Å²) in [5.74, 6) is -11.8. The quantitative estimate of drug-likeness (QED) is 0.0150. The third-order valence-corrected chi connectivity index (χ3v) is 17.5. The summed E-state index contributed by atoms with van der Waals surface area (Å²) in [5.41, 5.74) is 14.1. The lowest BCUT2D eigenvalue weighted by Crippen LogP contribution is -2.62. The van der Waals surface area contributed by atoms with Crippen LogP contribution in [0.15, 0.2) is 140 Å². The van der Waals surface area contributed by atoms with Gasteiger partial charge in [0.25, 0.3) is 0 Å². The number of amides is 11. The molecule has 29 nitrogen and oxygen atoms in total. The number of aromatic nitrogens is 2. The second-order valence-electron chi connectivity index (χ2n) is 25.5. The zero-order valence-electron chi connectivity index (χ0n) is 60.9. The van der Waals surface area contributed by atoms with Crippen molar-refractivity contribution >= 4 is 104 Å². The Morgan fingerprint density at radius 1 is 0.583 bits per heavy atom. The monoisotopic (exact) mass is 1440 g/mol. The van der Waals surface area contributed by atoms with Crippen molar-refractivity contribution in [1.82, 2.24) is 68.0 Å². The average molecular weight is 1440 g/mol. The highest BCUT2D eigenvalue weighted by atomic mass is 35.5. The van der Waals surface area contributed by atoms with Crippen LogP contribution in [0.25, 0.3) is 21.8 Å². The first kappa shape index (κ1) is 71.5. The molecule has 103 heavy (non-hydrogen) atoms. The predicted molar refractivity (Wildman–Crippen MR) is 385 cm³/mol. The van der Waals surface area contributed by atoms with Crippen molar-refractivity contribution in [2.45, 2.75) is 139 Å². The van der Waals surface area contributed by atoms with Crippen LogP contribution in [0.5, 0.6) is 5.75 Å². The number of phenolic OH excluding ortho intramolecular Hbond substituents is 1. The van der Waals surface area contributed by atoms with E-state index < -0.39 is 152 Å². The second kappa shape index (κ2) is 37.4. The standard InChI is InChI=1S/C73H89ClN16O13/c1-41(2)31-55(64(95)83-54(19-11-29-78-73(76)77)72(103)90-30-12-20-62(90)71(102)81-39-63(75)94)84-68(99)59(35-46-37-79-52-17-9-7-15-50(46)52)87-67(98)58(34-45-23-27-49(93)28-24-45)86-70(101)61(40-91)89-69(100)60(36-47-38-80-53-18-10-8-16-51(47)53)88-66(97)57(33-44-21-25-48(74)26-22-44)85-65(96)56(82-42(3)92)32-43-13-5-4-6-14-43/h4-10,13-18,21-28,37-38,41,54-62,79-80,91,93H,11-12,19-20,29-36,39-40H2,1-3H3,(H2,75,94)(H,81,102)(H,82,92)(H,83,95)(H,84,99)(H,85,96)(H,86,101)(H,87,98)(H,88,97)(H,89,100)(H4,76,77,78)/t54-,55-,56-,57-,58-,59-,60-,61-,62-/m0/s1/i3D/hD3. The number of para-hydroxylation sites is 2. The van der Waals surface area contributed by atoms with Crippen LogP contribution < -0.4 is 64.6 Å². The fraction of sp³-hybridized carbons (Fsp3) is 0.370. The number of likely N-dealkylation sites (tertiary alicyclic amines) is 1. The van der Waals surface area contributed by atoms with E-state index in [0.29, 0.717) is 55.5 Å². The molecule has 1 saturated heterocycles. The Balaban J connectivity index is 1.10. The molecule has 1 fully saturated rings. The number of hydrogen-bond donors (Lipinski definition) is 17. The van der Waals surface area contributed by atoms with Crippen molar-refractivity contribution in [3.63, 3.8) is 0 Å². The number of rotatable bonds is 36. The molecule has 0 saturated carbocycles. The Labute approximate surface area is 605 Å². The van der Waals surface area contributed by atoms with Gasteiger partial charge < -0.3 is 89.7 Å². The summed E-state index contributed by atoms with van der Waals surface area (Å²) in [4.78, 5) is 165. The minimum atomic E-state index is -2.08. The molecule has 0 spiro atoms. The van der Waals surface area contributed by atoms with Crippen molar-refractivity contribution in [2.24, 2.45) is 17.4 Å². The summed E-state index contributed by atoms with van der Waals surface area (Å²) in [5, 5.41) is 49.8. The number of hydrogen-bond acceptors (Lipinski definition) is 14. The Kier molecular flexibility index (Phi) is 25.9. The van der Waals surface area contributed by atoms with E-state index in [1.54, 1.807) is 105 Å². The highest BCUT2D eigenvalue weighted by Crippen LogP contribution is 2.24. The Morgan fingerprint density at radius 3 is 1.57 bits per heavy atom. The normalized spacial score (nSPS) is 15.5. The van der Waals surface area contributed by atoms with Gasteiger partial charge in [-0.3, -0.25) is 58.1 Å². The molecular weight excluding hydrogens is 1340 g/mol. The van der Waals surface area contributed by atoms with E-state index in [0.717, 1.165) is 0 Å². The number of guanidine groups is 1. The van der Waals surface area contributed by atoms with Gasteiger partial charge in [0.1, 0.15) is 60.1 Å². The molecule has 7 aromatic rings. The molecule has 11 amide bonds. The van der Waals surface area contributed by atoms with Crippen molar-refractivity contribution < 1.29 is 68.6 Å². The maximum atomic E-state index is 15.4. The summed E-state index contributed by atoms with van der Waals surface area (Å²) in [7, 11) is 0. The van der Waals surface area contributed by atoms with Crippen LogP contribution in [0.1, 0.15) is 82.0 Å². The number of aliphatic hydroxyl groups excluding tert-OH is 1. The number of aromatic amines is 2. The molecule has 5 aromatic carbocycles. The van der Waals surface area contributed by atoms with Gasteiger partial charge in [-0.15, -0.1) is 0 Å². The van der Waals surface area contributed by atoms with Gasteiger partial charge in [0.2, 0.25) is 65.0 Å². The number of primary amides is 1. The molecule has 0 aliphatic carbocycles. The van der Waals surface area contributed by atoms with Crippen molar-refractivity contribution in [3.8, 4) is 5.75 Å². The molecule has 3 heterocycles. The van der Waals surface area contributed by atoms with Crippen molar-refractivity contribution in [1.29, 1.82) is 5.41 Å². The lowest BCUT2D eigenvalue weighted by molar-refractivity contribution is -0.142. The zero-order valence-corrected chi connectivity index (χ0v) is 57.6. The number of nitrogens with zero attached hydrogens (tertiary/aromatic N) is 1. The molecule has 19 N–H and O–H groups in total. The molecule has 30 heteroatoms. The first-order valence-corrected chi connectivity index (χ1v) is 34.0. The molecule has 0 unspecified atom stereocenters. The van der Waals surface area contributed by atoms with Gasteiger partial charge in [-0.1, -0.05) is 116 Å². The molecule has 0 bridgehead atoms. The fourth-order valence-electron chi connectivity index (χ4n) is 12.1. The van der Waals surface area contributed by atoms with Crippen LogP contribution in [0, 0.1) is 11.3 Å². The number of nitrogens with two attached hydrogens (primary N) is 2. The van der Waals surface area contributed by atoms with Crippen LogP contribution in [0.2, 0.25) is 9.26 Å². The fourth-order valence-corrected chi connectivity index (χ4v) is 12.2. The molecule has 546 valence electrons. The second-order valence-corrected chi connectivity index (χ2v) is 25.9. The minimum absolute atomic E-state index is 0.0381. The van der Waals surface area contributed by atoms with Crippen molar-refractivity contribution in [3.05, 3.63) is 173 Å². The maximum absolute atomic E-state index is 15.4. The van der Waals surface area contributed by atoms with Gasteiger partial charge in [0.05, 0.1) is 13.2 Å². The highest BCUT2D eigenvalue weighted by molar-refractivity contribution is 6.30. The first-order valence-electron chi connectivity index (χ1n) is 35.7. The summed E-state index contributed by atoms with van der Waals surface area (Å²) < 4.78 is 35.3. The predicted octanol–water partition coefficient (Wildman–Crippen LogP) is 1.31. The maximum Gasteiger partial charge on any atom is 0.245 e. The molecule has 1 aliphatic heterocycles. The number of H-pyrrole nitrogens is 2. The molecule has 1 aliphatic rings. The average Bonchev–Trinajstić information content (AvgIpc) is 1.80. The van der Waals surface area contributed by atoms with Crippen LogP contribution in [0.4, 0.5) is 0 Å².